The minimum atomic E-state index is -1.59. The molecule has 4 N–H and O–H groups in total. The topological polar surface area (TPSA) is 112 Å². The summed E-state index contributed by atoms with van der Waals surface area (Å²) in [6.45, 7) is 5.79. The van der Waals surface area contributed by atoms with Gasteiger partial charge in [-0.1, -0.05) is 43.3 Å². The van der Waals surface area contributed by atoms with Crippen molar-refractivity contribution in [2.45, 2.75) is 68.0 Å². The van der Waals surface area contributed by atoms with Crippen molar-refractivity contribution < 1.29 is 33.6 Å². The first-order valence-corrected chi connectivity index (χ1v) is 14.6. The van der Waals surface area contributed by atoms with Gasteiger partial charge in [0.15, 0.2) is 17.5 Å². The zero-order valence-corrected chi connectivity index (χ0v) is 22.9. The number of hydrogen-bond donors (Lipinski definition) is 5. The first-order chi connectivity index (χ1) is 18.3. The molecular formula is C28H34F3N3O4S. The van der Waals surface area contributed by atoms with Gasteiger partial charge in [0.25, 0.3) is 0 Å². The van der Waals surface area contributed by atoms with Gasteiger partial charge in [0.2, 0.25) is 0 Å². The number of rotatable bonds is 6. The zero-order valence-electron chi connectivity index (χ0n) is 22.0. The molecule has 0 amide bonds. The molecule has 212 valence electrons. The van der Waals surface area contributed by atoms with Crippen LogP contribution in [-0.4, -0.2) is 70.8 Å². The maximum Gasteiger partial charge on any atom is 0.194 e. The van der Waals surface area contributed by atoms with Crippen LogP contribution < -0.4 is 0 Å². The van der Waals surface area contributed by atoms with Crippen molar-refractivity contribution in [2.75, 3.05) is 12.4 Å². The molecule has 1 aliphatic heterocycles. The van der Waals surface area contributed by atoms with Crippen molar-refractivity contribution in [1.82, 2.24) is 15.0 Å². The predicted molar refractivity (Wildman–Crippen MR) is 143 cm³/mol. The van der Waals surface area contributed by atoms with E-state index >= 15 is 0 Å². The summed E-state index contributed by atoms with van der Waals surface area (Å²) in [5, 5.41) is 52.1. The number of nitrogens with zero attached hydrogens (tertiary/aromatic N) is 3. The molecule has 3 aromatic rings. The smallest absolute Gasteiger partial charge is 0.194 e. The van der Waals surface area contributed by atoms with Gasteiger partial charge in [0.1, 0.15) is 11.7 Å². The molecule has 6 atom stereocenters. The third-order valence-corrected chi connectivity index (χ3v) is 11.7. The molecule has 39 heavy (non-hydrogen) atoms. The lowest BCUT2D eigenvalue weighted by Gasteiger charge is -2.59. The van der Waals surface area contributed by atoms with E-state index < -0.39 is 57.4 Å². The van der Waals surface area contributed by atoms with Gasteiger partial charge >= 0.3 is 0 Å². The van der Waals surface area contributed by atoms with E-state index in [1.807, 2.05) is 31.2 Å². The molecule has 2 heterocycles. The molecule has 1 aliphatic carbocycles. The molecule has 1 aromatic heterocycles. The summed E-state index contributed by atoms with van der Waals surface area (Å²) in [6.07, 6.45) is 0.0928. The normalized spacial score (nSPS) is 29.5. The number of aryl methyl sites for hydroxylation is 1. The van der Waals surface area contributed by atoms with Crippen LogP contribution in [0.25, 0.3) is 11.3 Å². The maximum atomic E-state index is 13.8. The Morgan fingerprint density at radius 2 is 1.74 bits per heavy atom. The van der Waals surface area contributed by atoms with E-state index in [-0.39, 0.29) is 34.3 Å². The predicted octanol–water partition coefficient (Wildman–Crippen LogP) is 3.60. The SMILES string of the molecule is Cc1ccccc1[C@@H]([SH]1C[C@H](O)[C@H](n2cc(-c3cc(F)c(F)c(F)c3)nn2)[C@@H](O)[C@H]1CO)C1(O)CC(C)(C)C1. The second-order valence-electron chi connectivity index (χ2n) is 11.7. The Hall–Kier alpha value is -2.44. The van der Waals surface area contributed by atoms with E-state index in [1.54, 1.807) is 0 Å². The summed E-state index contributed by atoms with van der Waals surface area (Å²) in [4.78, 5) is 0. The van der Waals surface area contributed by atoms with Crippen LogP contribution in [-0.2, 0) is 0 Å². The highest BCUT2D eigenvalue weighted by molar-refractivity contribution is 8.18. The molecular weight excluding hydrogens is 531 g/mol. The monoisotopic (exact) mass is 565 g/mol. The summed E-state index contributed by atoms with van der Waals surface area (Å²) in [5.74, 6) is -4.12. The Morgan fingerprint density at radius 1 is 1.10 bits per heavy atom. The second kappa shape index (κ2) is 10.2. The van der Waals surface area contributed by atoms with E-state index in [0.717, 1.165) is 23.3 Å². The standard InChI is InChI=1S/C28H34F3N3O4S/c1-15-6-4-5-7-17(15)26(28(38)13-27(2,3)14-28)39-12-21(36)24(25(37)22(39)11-35)34-10-20(32-33-34)16-8-18(29)23(31)19(30)9-16/h4-10,21-22,24-26,35-39H,11-14H2,1-3H3/t21-,22+,24-,25-,26+/m0/s1. The van der Waals surface area contributed by atoms with Crippen LogP contribution in [0.15, 0.2) is 42.6 Å². The summed E-state index contributed by atoms with van der Waals surface area (Å²) in [5.41, 5.74) is 0.827. The minimum Gasteiger partial charge on any atom is -0.395 e. The zero-order chi connectivity index (χ0) is 28.3. The Kier molecular flexibility index (Phi) is 7.34. The highest BCUT2D eigenvalue weighted by atomic mass is 32.2. The number of aliphatic hydroxyl groups excluding tert-OH is 3. The Bertz CT molecular complexity index is 1340. The van der Waals surface area contributed by atoms with Crippen molar-refractivity contribution >= 4 is 10.9 Å². The number of benzene rings is 2. The van der Waals surface area contributed by atoms with Gasteiger partial charge in [-0.2, -0.15) is 0 Å². The quantitative estimate of drug-likeness (QED) is 0.231. The Balaban J connectivity index is 1.48. The van der Waals surface area contributed by atoms with Crippen molar-refractivity contribution in [3.63, 3.8) is 0 Å². The van der Waals surface area contributed by atoms with Crippen molar-refractivity contribution in [3.8, 4) is 11.3 Å². The van der Waals surface area contributed by atoms with Gasteiger partial charge in [0.05, 0.1) is 30.6 Å². The second-order valence-corrected chi connectivity index (χ2v) is 14.3. The maximum absolute atomic E-state index is 13.8. The molecule has 1 saturated heterocycles. The van der Waals surface area contributed by atoms with E-state index in [0.29, 0.717) is 12.8 Å². The van der Waals surface area contributed by atoms with Gasteiger partial charge in [-0.25, -0.2) is 28.7 Å². The van der Waals surface area contributed by atoms with Gasteiger partial charge in [-0.3, -0.25) is 0 Å². The molecule has 2 aromatic carbocycles. The fourth-order valence-corrected chi connectivity index (χ4v) is 10.4. The van der Waals surface area contributed by atoms with Crippen LogP contribution in [0, 0.1) is 29.8 Å². The number of aliphatic hydroxyl groups is 4. The van der Waals surface area contributed by atoms with Gasteiger partial charge < -0.3 is 20.4 Å². The first-order valence-electron chi connectivity index (χ1n) is 12.9. The molecule has 2 fully saturated rings. The highest BCUT2D eigenvalue weighted by Gasteiger charge is 2.57. The summed E-state index contributed by atoms with van der Waals surface area (Å²) in [7, 11) is -1.32. The van der Waals surface area contributed by atoms with Crippen molar-refractivity contribution in [1.29, 1.82) is 0 Å². The number of thiol groups is 1. The van der Waals surface area contributed by atoms with Crippen molar-refractivity contribution in [2.24, 2.45) is 5.41 Å². The van der Waals surface area contributed by atoms with Crippen LogP contribution in [0.4, 0.5) is 13.2 Å². The lowest BCUT2D eigenvalue weighted by atomic mass is 9.59. The van der Waals surface area contributed by atoms with Crippen LogP contribution in [0.1, 0.15) is 49.1 Å². The van der Waals surface area contributed by atoms with Crippen molar-refractivity contribution in [3.05, 3.63) is 71.2 Å². The molecule has 0 spiro atoms. The Morgan fingerprint density at radius 3 is 2.33 bits per heavy atom. The molecule has 7 nitrogen and oxygen atoms in total. The highest BCUT2D eigenvalue weighted by Crippen LogP contribution is 2.65. The average molecular weight is 566 g/mol. The lowest BCUT2D eigenvalue weighted by Crippen LogP contribution is -2.57. The number of aromatic nitrogens is 3. The molecule has 0 bridgehead atoms. The number of hydrogen-bond acceptors (Lipinski definition) is 6. The molecule has 2 aliphatic rings. The molecule has 1 unspecified atom stereocenters. The van der Waals surface area contributed by atoms with Gasteiger partial charge in [-0.05, 0) is 48.4 Å². The van der Waals surface area contributed by atoms with Gasteiger partial charge in [0, 0.05) is 21.8 Å². The molecule has 5 rings (SSSR count). The van der Waals surface area contributed by atoms with Gasteiger partial charge in [-0.15, -0.1) is 5.10 Å². The van der Waals surface area contributed by atoms with Crippen LogP contribution in [0.5, 0.6) is 0 Å². The largest absolute Gasteiger partial charge is 0.395 e. The lowest BCUT2D eigenvalue weighted by molar-refractivity contribution is -0.114. The van der Waals surface area contributed by atoms with E-state index in [1.165, 1.54) is 10.9 Å². The van der Waals surface area contributed by atoms with E-state index in [2.05, 4.69) is 24.2 Å². The fourth-order valence-electron chi connectivity index (χ4n) is 6.68. The summed E-state index contributed by atoms with van der Waals surface area (Å²) in [6, 6.07) is 8.36. The third kappa shape index (κ3) is 4.99. The molecule has 1 saturated carbocycles. The van der Waals surface area contributed by atoms with Crippen LogP contribution >= 0.6 is 10.9 Å². The summed E-state index contributed by atoms with van der Waals surface area (Å²) >= 11 is 0. The Labute approximate surface area is 227 Å². The minimum absolute atomic E-state index is 0.0318. The van der Waals surface area contributed by atoms with Crippen LogP contribution in [0.2, 0.25) is 0 Å². The first kappa shape index (κ1) is 28.1. The molecule has 0 radical (unpaired) electrons. The van der Waals surface area contributed by atoms with E-state index in [9.17, 15) is 33.6 Å². The average Bonchev–Trinajstić information content (AvgIpc) is 3.32. The molecule has 11 heteroatoms. The van der Waals surface area contributed by atoms with Crippen LogP contribution in [0.3, 0.4) is 0 Å². The van der Waals surface area contributed by atoms with E-state index in [4.69, 9.17) is 0 Å². The fraction of sp³-hybridized carbons (Fsp3) is 0.500. The number of halogens is 3. The third-order valence-electron chi connectivity index (χ3n) is 8.14. The summed E-state index contributed by atoms with van der Waals surface area (Å²) < 4.78 is 42.2.